The fourth-order valence-corrected chi connectivity index (χ4v) is 3.24. The minimum absolute atomic E-state index is 0.105. The van der Waals surface area contributed by atoms with Gasteiger partial charge in [-0.1, -0.05) is 12.1 Å². The van der Waals surface area contributed by atoms with Crippen molar-refractivity contribution in [3.8, 4) is 0 Å². The molecule has 0 bridgehead atoms. The Kier molecular flexibility index (Phi) is 5.45. The summed E-state index contributed by atoms with van der Waals surface area (Å²) in [5.74, 6) is 0.500. The molecule has 1 aromatic heterocycles. The molecule has 2 saturated heterocycles. The number of nitrogens with one attached hydrogen (secondary N) is 1. The van der Waals surface area contributed by atoms with Crippen LogP contribution in [-0.2, 0) is 9.47 Å². The molecule has 2 aliphatic heterocycles. The van der Waals surface area contributed by atoms with Crippen LogP contribution in [0.1, 0.15) is 10.5 Å². The zero-order valence-electron chi connectivity index (χ0n) is 15.1. The normalized spacial score (nSPS) is 17.6. The summed E-state index contributed by atoms with van der Waals surface area (Å²) in [6.07, 6.45) is 0. The second-order valence-electron chi connectivity index (χ2n) is 6.45. The van der Waals surface area contributed by atoms with E-state index in [0.717, 1.165) is 37.7 Å². The molecule has 0 atom stereocenters. The summed E-state index contributed by atoms with van der Waals surface area (Å²) in [6, 6.07) is 11.6. The van der Waals surface area contributed by atoms with Gasteiger partial charge in [0.05, 0.1) is 37.8 Å². The summed E-state index contributed by atoms with van der Waals surface area (Å²) in [6.45, 7) is 5.49. The fourth-order valence-electron chi connectivity index (χ4n) is 3.24. The average molecular weight is 369 g/mol. The molecule has 8 nitrogen and oxygen atoms in total. The number of para-hydroxylation sites is 2. The van der Waals surface area contributed by atoms with E-state index in [9.17, 15) is 4.79 Å². The monoisotopic (exact) mass is 369 g/mol. The number of hydrogen-bond donors (Lipinski definition) is 1. The van der Waals surface area contributed by atoms with Crippen LogP contribution in [-0.4, -0.2) is 73.6 Å². The molecule has 0 radical (unpaired) electrons. The van der Waals surface area contributed by atoms with Crippen LogP contribution in [0.2, 0.25) is 0 Å². The zero-order valence-corrected chi connectivity index (χ0v) is 15.1. The number of ether oxygens (including phenoxy) is 2. The Hall–Kier alpha value is -2.71. The number of anilines is 3. The lowest BCUT2D eigenvalue weighted by Crippen LogP contribution is -2.41. The van der Waals surface area contributed by atoms with E-state index in [2.05, 4.69) is 26.5 Å². The number of nitrogens with zero attached hydrogens (tertiary/aromatic N) is 4. The molecule has 2 fully saturated rings. The van der Waals surface area contributed by atoms with E-state index in [1.807, 2.05) is 18.2 Å². The summed E-state index contributed by atoms with van der Waals surface area (Å²) in [7, 11) is 0. The van der Waals surface area contributed by atoms with Crippen molar-refractivity contribution in [3.05, 3.63) is 42.1 Å². The lowest BCUT2D eigenvalue weighted by molar-refractivity contribution is 0.0298. The predicted molar refractivity (Wildman–Crippen MR) is 102 cm³/mol. The Morgan fingerprint density at radius 2 is 1.59 bits per heavy atom. The van der Waals surface area contributed by atoms with Gasteiger partial charge in [-0.15, -0.1) is 10.2 Å². The van der Waals surface area contributed by atoms with Crippen molar-refractivity contribution in [2.45, 2.75) is 0 Å². The quantitative estimate of drug-likeness (QED) is 0.875. The maximum Gasteiger partial charge on any atom is 0.274 e. The molecule has 0 unspecified atom stereocenters. The van der Waals surface area contributed by atoms with Crippen LogP contribution in [0.5, 0.6) is 0 Å². The number of morpholine rings is 2. The molecular weight excluding hydrogens is 346 g/mol. The molecule has 3 heterocycles. The van der Waals surface area contributed by atoms with Crippen LogP contribution in [0.4, 0.5) is 17.2 Å². The Balaban J connectivity index is 1.46. The second kappa shape index (κ2) is 8.32. The van der Waals surface area contributed by atoms with Gasteiger partial charge in [-0.05, 0) is 24.3 Å². The van der Waals surface area contributed by atoms with Gasteiger partial charge >= 0.3 is 0 Å². The smallest absolute Gasteiger partial charge is 0.274 e. The van der Waals surface area contributed by atoms with Crippen molar-refractivity contribution in [2.75, 3.05) is 62.8 Å². The molecule has 2 aliphatic rings. The number of aromatic nitrogens is 2. The number of amides is 1. The van der Waals surface area contributed by atoms with Gasteiger partial charge in [0, 0.05) is 26.2 Å². The highest BCUT2D eigenvalue weighted by molar-refractivity contribution is 5.92. The highest BCUT2D eigenvalue weighted by Gasteiger charge is 2.20. The number of hydrogen-bond acceptors (Lipinski definition) is 7. The van der Waals surface area contributed by atoms with E-state index in [0.29, 0.717) is 37.8 Å². The van der Waals surface area contributed by atoms with Gasteiger partial charge in [0.15, 0.2) is 11.5 Å². The topological polar surface area (TPSA) is 79.8 Å². The van der Waals surface area contributed by atoms with E-state index in [-0.39, 0.29) is 5.91 Å². The minimum Gasteiger partial charge on any atom is -0.378 e. The summed E-state index contributed by atoms with van der Waals surface area (Å²) in [5.41, 5.74) is 2.42. The van der Waals surface area contributed by atoms with E-state index in [1.54, 1.807) is 17.0 Å². The molecule has 1 amide bonds. The Morgan fingerprint density at radius 1 is 0.889 bits per heavy atom. The summed E-state index contributed by atoms with van der Waals surface area (Å²) in [4.78, 5) is 16.5. The third-order valence-corrected chi connectivity index (χ3v) is 4.70. The van der Waals surface area contributed by atoms with E-state index < -0.39 is 0 Å². The third-order valence-electron chi connectivity index (χ3n) is 4.70. The van der Waals surface area contributed by atoms with Gasteiger partial charge in [-0.25, -0.2) is 0 Å². The van der Waals surface area contributed by atoms with Crippen molar-refractivity contribution in [3.63, 3.8) is 0 Å². The van der Waals surface area contributed by atoms with Crippen LogP contribution in [0.25, 0.3) is 0 Å². The van der Waals surface area contributed by atoms with Crippen molar-refractivity contribution in [1.29, 1.82) is 0 Å². The van der Waals surface area contributed by atoms with E-state index in [4.69, 9.17) is 9.47 Å². The van der Waals surface area contributed by atoms with E-state index in [1.165, 1.54) is 0 Å². The van der Waals surface area contributed by atoms with Crippen LogP contribution in [0.15, 0.2) is 36.4 Å². The molecule has 0 aliphatic carbocycles. The van der Waals surface area contributed by atoms with Gasteiger partial charge < -0.3 is 24.6 Å². The van der Waals surface area contributed by atoms with Crippen LogP contribution < -0.4 is 10.2 Å². The Labute approximate surface area is 158 Å². The summed E-state index contributed by atoms with van der Waals surface area (Å²) < 4.78 is 10.7. The molecule has 8 heteroatoms. The lowest BCUT2D eigenvalue weighted by Gasteiger charge is -2.30. The standard InChI is InChI=1S/C19H23N5O3/c25-19(24-9-13-27-14-10-24)16-5-6-18(22-21-16)20-15-3-1-2-4-17(15)23-7-11-26-12-8-23/h1-6H,7-14H2,(H,20,22). The minimum atomic E-state index is -0.105. The molecule has 4 rings (SSSR count). The maximum atomic E-state index is 12.5. The highest BCUT2D eigenvalue weighted by atomic mass is 16.5. The first-order valence-corrected chi connectivity index (χ1v) is 9.21. The van der Waals surface area contributed by atoms with Crippen molar-refractivity contribution in [1.82, 2.24) is 15.1 Å². The van der Waals surface area contributed by atoms with Crippen LogP contribution in [0, 0.1) is 0 Å². The van der Waals surface area contributed by atoms with Gasteiger partial charge in [0.1, 0.15) is 0 Å². The number of rotatable bonds is 4. The van der Waals surface area contributed by atoms with Crippen molar-refractivity contribution >= 4 is 23.1 Å². The van der Waals surface area contributed by atoms with Crippen molar-refractivity contribution < 1.29 is 14.3 Å². The third kappa shape index (κ3) is 4.17. The molecule has 0 spiro atoms. The predicted octanol–water partition coefficient (Wildman–Crippen LogP) is 1.53. The average Bonchev–Trinajstić information content (AvgIpc) is 2.75. The number of carbonyl (C=O) groups is 1. The molecule has 2 aromatic rings. The molecule has 0 saturated carbocycles. The molecule has 1 aromatic carbocycles. The Bertz CT molecular complexity index is 771. The molecule has 142 valence electrons. The largest absolute Gasteiger partial charge is 0.378 e. The van der Waals surface area contributed by atoms with Crippen LogP contribution in [0.3, 0.4) is 0 Å². The van der Waals surface area contributed by atoms with Gasteiger partial charge in [0.2, 0.25) is 0 Å². The first kappa shape index (κ1) is 17.7. The SMILES string of the molecule is O=C(c1ccc(Nc2ccccc2N2CCOCC2)nn1)N1CCOCC1. The summed E-state index contributed by atoms with van der Waals surface area (Å²) in [5, 5.41) is 11.6. The van der Waals surface area contributed by atoms with E-state index >= 15 is 0 Å². The lowest BCUT2D eigenvalue weighted by atomic mass is 10.2. The highest BCUT2D eigenvalue weighted by Crippen LogP contribution is 2.28. The summed E-state index contributed by atoms with van der Waals surface area (Å²) >= 11 is 0. The van der Waals surface area contributed by atoms with Gasteiger partial charge in [0.25, 0.3) is 5.91 Å². The van der Waals surface area contributed by atoms with Gasteiger partial charge in [-0.2, -0.15) is 0 Å². The molecular formula is C19H23N5O3. The first-order valence-electron chi connectivity index (χ1n) is 9.21. The number of carbonyl (C=O) groups excluding carboxylic acids is 1. The first-order chi connectivity index (χ1) is 13.3. The second-order valence-corrected chi connectivity index (χ2v) is 6.45. The fraction of sp³-hybridized carbons (Fsp3) is 0.421. The Morgan fingerprint density at radius 3 is 2.30 bits per heavy atom. The maximum absolute atomic E-state index is 12.5. The molecule has 27 heavy (non-hydrogen) atoms. The van der Waals surface area contributed by atoms with Crippen molar-refractivity contribution in [2.24, 2.45) is 0 Å². The molecule has 1 N–H and O–H groups in total. The van der Waals surface area contributed by atoms with Crippen LogP contribution >= 0.6 is 0 Å². The van der Waals surface area contributed by atoms with Gasteiger partial charge in [-0.3, -0.25) is 4.79 Å². The zero-order chi connectivity index (χ0) is 18.5. The number of benzene rings is 1.